The largest absolute Gasteiger partial charge is 0.433 e. The minimum atomic E-state index is -3.09. The number of carbonyl (C=O) groups is 1. The van der Waals surface area contributed by atoms with Gasteiger partial charge in [-0.2, -0.15) is 13.8 Å². The van der Waals surface area contributed by atoms with E-state index in [9.17, 15) is 13.6 Å². The van der Waals surface area contributed by atoms with E-state index in [1.54, 1.807) is 19.3 Å². The summed E-state index contributed by atoms with van der Waals surface area (Å²) in [4.78, 5) is 32.2. The quantitative estimate of drug-likeness (QED) is 0.147. The van der Waals surface area contributed by atoms with Gasteiger partial charge in [0.1, 0.15) is 19.6 Å². The Hall–Kier alpha value is -4.54. The monoisotopic (exact) mass is 648 g/mol. The number of hydrogen-bond acceptors (Lipinski definition) is 9. The van der Waals surface area contributed by atoms with Crippen LogP contribution in [0.3, 0.4) is 0 Å². The molecule has 2 N–H and O–H groups in total. The number of amides is 1. The van der Waals surface area contributed by atoms with E-state index in [1.807, 2.05) is 36.0 Å². The number of aromatic nitrogens is 3. The van der Waals surface area contributed by atoms with Crippen LogP contribution in [0.2, 0.25) is 19.6 Å². The highest BCUT2D eigenvalue weighted by atomic mass is 28.3. The van der Waals surface area contributed by atoms with Crippen molar-refractivity contribution in [2.24, 2.45) is 0 Å². The van der Waals surface area contributed by atoms with Crippen LogP contribution in [0.15, 0.2) is 49.2 Å². The Morgan fingerprint density at radius 1 is 1.15 bits per heavy atom. The first-order valence-electron chi connectivity index (χ1n) is 14.9. The normalized spacial score (nSPS) is 13.6. The zero-order valence-corrected chi connectivity index (χ0v) is 28.7. The van der Waals surface area contributed by atoms with Crippen LogP contribution >= 0.6 is 0 Å². The van der Waals surface area contributed by atoms with Gasteiger partial charge in [0.05, 0.1) is 28.4 Å². The van der Waals surface area contributed by atoms with Gasteiger partial charge in [0.15, 0.2) is 5.75 Å². The molecule has 0 unspecified atom stereocenters. The lowest BCUT2D eigenvalue weighted by atomic mass is 9.91. The summed E-state index contributed by atoms with van der Waals surface area (Å²) in [7, 11) is 4.10. The fourth-order valence-corrected chi connectivity index (χ4v) is 5.36. The fraction of sp³-hybridized carbons (Fsp3) is 0.394. The lowest BCUT2D eigenvalue weighted by Crippen LogP contribution is -2.29. The third-order valence-electron chi connectivity index (χ3n) is 7.14. The summed E-state index contributed by atoms with van der Waals surface area (Å²) < 4.78 is 32.1. The Labute approximate surface area is 270 Å². The molecule has 1 aliphatic heterocycles. The first kappa shape index (κ1) is 34.3. The number of nitrogens with zero attached hydrogens (tertiary/aromatic N) is 6. The van der Waals surface area contributed by atoms with Gasteiger partial charge in [0.2, 0.25) is 11.9 Å². The molecule has 0 radical (unpaired) electrons. The Bertz CT molecular complexity index is 1660. The van der Waals surface area contributed by atoms with Gasteiger partial charge in [-0.15, -0.1) is 5.54 Å². The third-order valence-corrected chi connectivity index (χ3v) is 8.01. The van der Waals surface area contributed by atoms with Crippen molar-refractivity contribution in [2.75, 3.05) is 61.2 Å². The zero-order valence-electron chi connectivity index (χ0n) is 27.7. The summed E-state index contributed by atoms with van der Waals surface area (Å²) >= 11 is 0. The van der Waals surface area contributed by atoms with E-state index in [-0.39, 0.29) is 22.8 Å². The molecule has 244 valence electrons. The van der Waals surface area contributed by atoms with E-state index in [1.165, 1.54) is 12.1 Å². The van der Waals surface area contributed by atoms with Crippen LogP contribution in [0.5, 0.6) is 5.75 Å². The lowest BCUT2D eigenvalue weighted by Gasteiger charge is -2.26. The number of carbonyl (C=O) groups excluding carboxylic acids is 1. The molecule has 2 aromatic heterocycles. The number of halogens is 2. The first-order chi connectivity index (χ1) is 21.6. The number of rotatable bonds is 11. The summed E-state index contributed by atoms with van der Waals surface area (Å²) in [5.41, 5.74) is 6.69. The third kappa shape index (κ3) is 8.58. The average Bonchev–Trinajstić information content (AvgIpc) is 3.25. The van der Waals surface area contributed by atoms with Crippen molar-refractivity contribution >= 4 is 48.5 Å². The number of likely N-dealkylation sites (N-methyl/N-ethyl adjacent to an activating group) is 2. The highest BCUT2D eigenvalue weighted by Gasteiger charge is 2.38. The van der Waals surface area contributed by atoms with Crippen LogP contribution < -0.4 is 25.2 Å². The van der Waals surface area contributed by atoms with Gasteiger partial charge in [-0.3, -0.25) is 4.79 Å². The van der Waals surface area contributed by atoms with Crippen LogP contribution in [0, 0.1) is 11.5 Å². The van der Waals surface area contributed by atoms with Crippen molar-refractivity contribution in [3.8, 4) is 17.2 Å². The minimum absolute atomic E-state index is 0.129. The molecule has 0 saturated carbocycles. The molecule has 46 heavy (non-hydrogen) atoms. The van der Waals surface area contributed by atoms with Gasteiger partial charge >= 0.3 is 6.61 Å². The average molecular weight is 649 g/mol. The molecule has 0 saturated heterocycles. The minimum Gasteiger partial charge on any atom is -0.433 e. The predicted octanol–water partition coefficient (Wildman–Crippen LogP) is 6.00. The molecular weight excluding hydrogens is 606 g/mol. The Morgan fingerprint density at radius 2 is 1.89 bits per heavy atom. The molecule has 0 atom stereocenters. The number of fused-ring (bicyclic) bond motifs is 1. The van der Waals surface area contributed by atoms with E-state index in [2.05, 4.69) is 72.0 Å². The van der Waals surface area contributed by atoms with Gasteiger partial charge in [-0.25, -0.2) is 9.97 Å². The number of ether oxygens (including phenoxy) is 1. The molecule has 0 fully saturated rings. The van der Waals surface area contributed by atoms with E-state index in [0.717, 1.165) is 23.2 Å². The van der Waals surface area contributed by atoms with E-state index in [0.29, 0.717) is 36.8 Å². The lowest BCUT2D eigenvalue weighted by molar-refractivity contribution is -0.111. The second-order valence-corrected chi connectivity index (χ2v) is 17.8. The number of pyridine rings is 1. The Morgan fingerprint density at radius 3 is 2.54 bits per heavy atom. The molecule has 0 aliphatic carbocycles. The molecule has 10 nitrogen and oxygen atoms in total. The second kappa shape index (κ2) is 13.8. The summed E-state index contributed by atoms with van der Waals surface area (Å²) in [6, 6.07) is 8.70. The van der Waals surface area contributed by atoms with Gasteiger partial charge in [0, 0.05) is 44.4 Å². The van der Waals surface area contributed by atoms with Crippen molar-refractivity contribution in [1.29, 1.82) is 0 Å². The summed E-state index contributed by atoms with van der Waals surface area (Å²) in [5.74, 6) is 3.43. The first-order valence-corrected chi connectivity index (χ1v) is 18.4. The maximum Gasteiger partial charge on any atom is 0.387 e. The van der Waals surface area contributed by atoms with Gasteiger partial charge in [-0.1, -0.05) is 46.0 Å². The molecule has 4 rings (SSSR count). The fourth-order valence-electron chi connectivity index (χ4n) is 4.86. The van der Waals surface area contributed by atoms with Gasteiger partial charge in [0.25, 0.3) is 0 Å². The smallest absolute Gasteiger partial charge is 0.387 e. The SMILES string of the molecule is C=CC(=O)Nc1cc(Nc2nccc(N3CC(C)(C)c4nc(C#C[Si](C)(C)C)ccc43)n2)c(OC(F)F)cc1N(C)CCN(C)C. The Balaban J connectivity index is 1.71. The number of alkyl halides is 2. The number of benzene rings is 1. The topological polar surface area (TPSA) is 98.8 Å². The van der Waals surface area contributed by atoms with E-state index >= 15 is 0 Å². The van der Waals surface area contributed by atoms with Gasteiger partial charge in [-0.05, 0) is 44.4 Å². The van der Waals surface area contributed by atoms with Gasteiger partial charge < -0.3 is 30.1 Å². The molecule has 0 bridgehead atoms. The van der Waals surface area contributed by atoms with Crippen molar-refractivity contribution in [3.05, 3.63) is 60.6 Å². The van der Waals surface area contributed by atoms with E-state index in [4.69, 9.17) is 14.7 Å². The maximum atomic E-state index is 13.6. The molecule has 0 spiro atoms. The zero-order chi connectivity index (χ0) is 33.8. The maximum absolute atomic E-state index is 13.6. The summed E-state index contributed by atoms with van der Waals surface area (Å²) in [6.45, 7) is 13.1. The number of hydrogen-bond donors (Lipinski definition) is 2. The van der Waals surface area contributed by atoms with Crippen LogP contribution in [0.25, 0.3) is 0 Å². The van der Waals surface area contributed by atoms with Crippen molar-refractivity contribution in [2.45, 2.75) is 45.5 Å². The van der Waals surface area contributed by atoms with Crippen LogP contribution in [0.4, 0.5) is 43.3 Å². The highest BCUT2D eigenvalue weighted by molar-refractivity contribution is 6.83. The molecular formula is C33H42F2N8O2Si. The summed E-state index contributed by atoms with van der Waals surface area (Å²) in [6.07, 6.45) is 2.73. The molecule has 3 heterocycles. The highest BCUT2D eigenvalue weighted by Crippen LogP contribution is 2.43. The van der Waals surface area contributed by atoms with Crippen molar-refractivity contribution in [1.82, 2.24) is 19.9 Å². The van der Waals surface area contributed by atoms with Crippen LogP contribution in [-0.4, -0.2) is 81.2 Å². The number of anilines is 6. The molecule has 3 aromatic rings. The summed E-state index contributed by atoms with van der Waals surface area (Å²) in [5, 5.41) is 5.81. The van der Waals surface area contributed by atoms with Crippen molar-refractivity contribution < 1.29 is 18.3 Å². The predicted molar refractivity (Wildman–Crippen MR) is 184 cm³/mol. The second-order valence-electron chi connectivity index (χ2n) is 13.1. The van der Waals surface area contributed by atoms with E-state index < -0.39 is 20.6 Å². The molecule has 1 aromatic carbocycles. The standard InChI is InChI=1S/C33H42F2N8O2Si/c1-10-29(44)38-23-19-24(27(45-31(34)35)20-26(23)42(6)17-16-41(4)5)39-32-36-15-13-28(40-32)43-21-33(2,3)30-25(43)12-11-22(37-30)14-18-46(7,8)9/h10-13,15,19-20,31H,1,16-17,21H2,2-9H3,(H,38,44)(H,36,39,40). The molecule has 13 heteroatoms. The molecule has 1 amide bonds. The van der Waals surface area contributed by atoms with Crippen molar-refractivity contribution in [3.63, 3.8) is 0 Å². The van der Waals surface area contributed by atoms with Crippen LogP contribution in [-0.2, 0) is 10.2 Å². The van der Waals surface area contributed by atoms with Crippen LogP contribution in [0.1, 0.15) is 25.2 Å². The number of nitrogens with one attached hydrogen (secondary N) is 2. The Kier molecular flexibility index (Phi) is 10.3. The molecule has 1 aliphatic rings.